The molecular weight excluding hydrogens is 375 g/mol. The summed E-state index contributed by atoms with van der Waals surface area (Å²) >= 11 is 0. The number of rotatable bonds is 5. The highest BCUT2D eigenvalue weighted by Gasteiger charge is 2.25. The van der Waals surface area contributed by atoms with Crippen molar-refractivity contribution in [3.63, 3.8) is 0 Å². The predicted octanol–water partition coefficient (Wildman–Crippen LogP) is 3.73. The summed E-state index contributed by atoms with van der Waals surface area (Å²) in [5.41, 5.74) is 3.79. The Morgan fingerprint density at radius 3 is 2.48 bits per heavy atom. The Kier molecular flexibility index (Phi) is 5.07. The van der Waals surface area contributed by atoms with Crippen molar-refractivity contribution in [2.24, 2.45) is 0 Å². The van der Waals surface area contributed by atoms with Gasteiger partial charge in [0.15, 0.2) is 5.69 Å². The molecule has 0 unspecified atom stereocenters. The third-order valence-corrected chi connectivity index (χ3v) is 5.07. The zero-order chi connectivity index (χ0) is 20.4. The average molecular weight is 394 g/mol. The maximum absolute atomic E-state index is 13.3. The highest BCUT2D eigenvalue weighted by atomic mass is 19.1. The summed E-state index contributed by atoms with van der Waals surface area (Å²) in [6.07, 6.45) is 3.60. The minimum atomic E-state index is -0.462. The van der Waals surface area contributed by atoms with Crippen molar-refractivity contribution in [3.05, 3.63) is 87.0 Å². The lowest BCUT2D eigenvalue weighted by Crippen LogP contribution is -2.24. The van der Waals surface area contributed by atoms with Gasteiger partial charge in [0.2, 0.25) is 0 Å². The van der Waals surface area contributed by atoms with Crippen LogP contribution in [0.4, 0.5) is 10.1 Å². The van der Waals surface area contributed by atoms with E-state index in [4.69, 9.17) is 0 Å². The number of non-ortho nitro benzene ring substituents is 1. The lowest BCUT2D eigenvalue weighted by atomic mass is 9.95. The molecule has 2 aromatic carbocycles. The van der Waals surface area contributed by atoms with E-state index in [2.05, 4.69) is 10.4 Å². The third kappa shape index (κ3) is 3.87. The molecule has 0 spiro atoms. The van der Waals surface area contributed by atoms with E-state index < -0.39 is 4.92 Å². The Labute approximate surface area is 166 Å². The van der Waals surface area contributed by atoms with E-state index in [0.29, 0.717) is 5.69 Å². The fraction of sp³-hybridized carbons (Fsp3) is 0.238. The van der Waals surface area contributed by atoms with Crippen molar-refractivity contribution in [1.82, 2.24) is 15.1 Å². The molecule has 0 saturated heterocycles. The Bertz CT molecular complexity index is 1060. The van der Waals surface area contributed by atoms with Gasteiger partial charge in [-0.25, -0.2) is 9.07 Å². The first kappa shape index (κ1) is 18.8. The number of nitrogens with zero attached hydrogens (tertiary/aromatic N) is 3. The largest absolute Gasteiger partial charge is 0.347 e. The molecule has 1 heterocycles. The van der Waals surface area contributed by atoms with Crippen molar-refractivity contribution in [1.29, 1.82) is 0 Å². The minimum absolute atomic E-state index is 0.00665. The van der Waals surface area contributed by atoms with Gasteiger partial charge in [0.25, 0.3) is 11.6 Å². The van der Waals surface area contributed by atoms with Crippen LogP contribution in [-0.2, 0) is 19.4 Å². The number of carbonyl (C=O) groups excluding carboxylic acids is 1. The van der Waals surface area contributed by atoms with Crippen molar-refractivity contribution >= 4 is 11.6 Å². The van der Waals surface area contributed by atoms with Crippen LogP contribution in [0.5, 0.6) is 0 Å². The fourth-order valence-electron chi connectivity index (χ4n) is 3.58. The summed E-state index contributed by atoms with van der Waals surface area (Å²) in [6.45, 7) is 0.245. The highest BCUT2D eigenvalue weighted by Crippen LogP contribution is 2.27. The number of aromatic nitrogens is 2. The summed E-state index contributed by atoms with van der Waals surface area (Å²) in [5.74, 6) is -0.613. The predicted molar refractivity (Wildman–Crippen MR) is 104 cm³/mol. The lowest BCUT2D eigenvalue weighted by Gasteiger charge is -2.14. The molecule has 7 nitrogen and oxygen atoms in total. The first-order valence-corrected chi connectivity index (χ1v) is 9.41. The number of benzene rings is 2. The maximum atomic E-state index is 13.3. The number of amides is 1. The van der Waals surface area contributed by atoms with Crippen LogP contribution < -0.4 is 5.32 Å². The van der Waals surface area contributed by atoms with Gasteiger partial charge in [0.05, 0.1) is 10.6 Å². The standard InChI is InChI=1S/C21H19FN4O3/c22-15-7-11-16(12-8-15)25-19-4-2-1-3-18(19)20(24-25)21(27)23-13-14-5-9-17(10-6-14)26(28)29/h5-12H,1-4,13H2,(H,23,27). The van der Waals surface area contributed by atoms with E-state index in [0.717, 1.165) is 48.2 Å². The van der Waals surface area contributed by atoms with Crippen LogP contribution in [-0.4, -0.2) is 20.6 Å². The van der Waals surface area contributed by atoms with E-state index in [-0.39, 0.29) is 24.0 Å². The van der Waals surface area contributed by atoms with Crippen molar-refractivity contribution < 1.29 is 14.1 Å². The average Bonchev–Trinajstić information content (AvgIpc) is 3.13. The number of nitrogens with one attached hydrogen (secondary N) is 1. The van der Waals surface area contributed by atoms with Crippen molar-refractivity contribution in [2.45, 2.75) is 32.2 Å². The number of hydrogen-bond donors (Lipinski definition) is 1. The van der Waals surface area contributed by atoms with Crippen LogP contribution in [0.15, 0.2) is 48.5 Å². The van der Waals surface area contributed by atoms with Crippen molar-refractivity contribution in [2.75, 3.05) is 0 Å². The van der Waals surface area contributed by atoms with Crippen LogP contribution in [0.3, 0.4) is 0 Å². The van der Waals surface area contributed by atoms with Crippen LogP contribution >= 0.6 is 0 Å². The molecule has 0 aliphatic heterocycles. The van der Waals surface area contributed by atoms with Crippen LogP contribution in [0.25, 0.3) is 5.69 Å². The molecule has 0 saturated carbocycles. The zero-order valence-electron chi connectivity index (χ0n) is 15.6. The number of fused-ring (bicyclic) bond motifs is 1. The van der Waals surface area contributed by atoms with Gasteiger partial charge >= 0.3 is 0 Å². The van der Waals surface area contributed by atoms with Gasteiger partial charge < -0.3 is 5.32 Å². The molecule has 3 aromatic rings. The SMILES string of the molecule is O=C(NCc1ccc([N+](=O)[O-])cc1)c1nn(-c2ccc(F)cc2)c2c1CCCC2. The molecule has 0 fully saturated rings. The monoisotopic (exact) mass is 394 g/mol. The summed E-state index contributed by atoms with van der Waals surface area (Å²) in [7, 11) is 0. The number of nitro groups is 1. The van der Waals surface area contributed by atoms with Gasteiger partial charge in [-0.2, -0.15) is 5.10 Å². The Morgan fingerprint density at radius 1 is 1.10 bits per heavy atom. The smallest absolute Gasteiger partial charge is 0.272 e. The second-order valence-electron chi connectivity index (χ2n) is 6.98. The first-order chi connectivity index (χ1) is 14.0. The summed E-state index contributed by atoms with van der Waals surface area (Å²) in [4.78, 5) is 23.1. The second kappa shape index (κ2) is 7.83. The van der Waals surface area contributed by atoms with E-state index in [1.807, 2.05) is 0 Å². The quantitative estimate of drug-likeness (QED) is 0.527. The summed E-state index contributed by atoms with van der Waals surface area (Å²) in [5, 5.41) is 18.1. The molecule has 1 amide bonds. The molecule has 8 heteroatoms. The zero-order valence-corrected chi connectivity index (χ0v) is 15.6. The molecule has 1 aliphatic rings. The Morgan fingerprint density at radius 2 is 1.79 bits per heavy atom. The number of carbonyl (C=O) groups is 1. The molecular formula is C21H19FN4O3. The van der Waals surface area contributed by atoms with Crippen LogP contribution in [0.1, 0.15) is 40.2 Å². The Hall–Kier alpha value is -3.55. The minimum Gasteiger partial charge on any atom is -0.347 e. The van der Waals surface area contributed by atoms with Gasteiger partial charge in [-0.1, -0.05) is 12.1 Å². The number of nitro benzene ring substituents is 1. The maximum Gasteiger partial charge on any atom is 0.272 e. The topological polar surface area (TPSA) is 90.1 Å². The molecule has 29 heavy (non-hydrogen) atoms. The summed E-state index contributed by atoms with van der Waals surface area (Å²) < 4.78 is 15.0. The normalized spacial score (nSPS) is 13.0. The first-order valence-electron chi connectivity index (χ1n) is 9.41. The molecule has 4 rings (SSSR count). The third-order valence-electron chi connectivity index (χ3n) is 5.07. The van der Waals surface area contributed by atoms with E-state index in [1.165, 1.54) is 24.3 Å². The number of hydrogen-bond acceptors (Lipinski definition) is 4. The van der Waals surface area contributed by atoms with Crippen molar-refractivity contribution in [3.8, 4) is 5.69 Å². The molecule has 0 atom stereocenters. The molecule has 148 valence electrons. The Balaban J connectivity index is 1.56. The van der Waals surface area contributed by atoms with Gasteiger partial charge in [0, 0.05) is 29.9 Å². The molecule has 0 radical (unpaired) electrons. The molecule has 1 aromatic heterocycles. The van der Waals surface area contributed by atoms with Crippen LogP contribution in [0, 0.1) is 15.9 Å². The van der Waals surface area contributed by atoms with E-state index >= 15 is 0 Å². The lowest BCUT2D eigenvalue weighted by molar-refractivity contribution is -0.384. The summed E-state index contributed by atoms with van der Waals surface area (Å²) in [6, 6.07) is 12.1. The van der Waals surface area contributed by atoms with Gasteiger partial charge in [-0.3, -0.25) is 14.9 Å². The van der Waals surface area contributed by atoms with Gasteiger partial charge in [-0.05, 0) is 55.5 Å². The molecule has 0 bridgehead atoms. The van der Waals surface area contributed by atoms with Gasteiger partial charge in [-0.15, -0.1) is 0 Å². The highest BCUT2D eigenvalue weighted by molar-refractivity contribution is 5.94. The van der Waals surface area contributed by atoms with E-state index in [9.17, 15) is 19.3 Å². The van der Waals surface area contributed by atoms with Crippen LogP contribution in [0.2, 0.25) is 0 Å². The fourth-order valence-corrected chi connectivity index (χ4v) is 3.58. The number of halogens is 1. The van der Waals surface area contributed by atoms with E-state index in [1.54, 1.807) is 28.9 Å². The molecule has 1 aliphatic carbocycles. The molecule has 1 N–H and O–H groups in total. The van der Waals surface area contributed by atoms with Gasteiger partial charge in [0.1, 0.15) is 5.82 Å². The second-order valence-corrected chi connectivity index (χ2v) is 6.98.